The number of carbonyl (C=O) groups is 3. The van der Waals surface area contributed by atoms with Crippen LogP contribution in [0.5, 0.6) is 0 Å². The lowest BCUT2D eigenvalue weighted by Gasteiger charge is -2.27. The van der Waals surface area contributed by atoms with E-state index in [0.717, 1.165) is 31.5 Å². The highest BCUT2D eigenvalue weighted by Crippen LogP contribution is 2.23. The number of carboxylic acids is 1. The first-order valence-electron chi connectivity index (χ1n) is 10.1. The van der Waals surface area contributed by atoms with Crippen LogP contribution in [0.1, 0.15) is 31.7 Å². The lowest BCUT2D eigenvalue weighted by atomic mass is 10.0. The molecule has 3 rings (SSSR count). The first-order chi connectivity index (χ1) is 13.5. The number of nitrogens with zero attached hydrogens (tertiary/aromatic N) is 2. The number of carboxylic acid groups (broad SMARTS) is 1. The smallest absolute Gasteiger partial charge is 0.326 e. The van der Waals surface area contributed by atoms with Crippen LogP contribution in [0, 0.1) is 5.92 Å². The Kier molecular flexibility index (Phi) is 6.67. The first kappa shape index (κ1) is 20.3. The molecule has 2 amide bonds. The van der Waals surface area contributed by atoms with Crippen LogP contribution >= 0.6 is 0 Å². The monoisotopic (exact) mass is 387 g/mol. The number of benzene rings is 1. The fourth-order valence-electron chi connectivity index (χ4n) is 4.24. The second-order valence-electron chi connectivity index (χ2n) is 7.71. The van der Waals surface area contributed by atoms with Gasteiger partial charge < -0.3 is 15.3 Å². The molecule has 0 bridgehead atoms. The standard InChI is InChI=1S/C21H29N3O4/c1-2-23-10-6-9-17(23)14-24-13-16(12-19(24)25)20(26)22-18(21(27)28)11-15-7-4-3-5-8-15/h3-5,7-8,16-18H,2,6,9-14H2,1H3,(H,22,26)(H,27,28)/t16-,17+,18+/m1/s1. The molecular weight excluding hydrogens is 358 g/mol. The molecule has 2 aliphatic rings. The summed E-state index contributed by atoms with van der Waals surface area (Å²) in [5.74, 6) is -1.92. The Hall–Kier alpha value is -2.41. The van der Waals surface area contributed by atoms with E-state index in [1.165, 1.54) is 0 Å². The molecule has 152 valence electrons. The summed E-state index contributed by atoms with van der Waals surface area (Å²) >= 11 is 0. The maximum Gasteiger partial charge on any atom is 0.326 e. The van der Waals surface area contributed by atoms with Gasteiger partial charge in [-0.15, -0.1) is 0 Å². The largest absolute Gasteiger partial charge is 0.480 e. The minimum atomic E-state index is -1.07. The zero-order chi connectivity index (χ0) is 20.1. The SMILES string of the molecule is CCN1CCC[C@H]1CN1C[C@H](C(=O)N[C@@H](Cc2ccccc2)C(=O)O)CC1=O. The number of amides is 2. The molecule has 7 heteroatoms. The zero-order valence-electron chi connectivity index (χ0n) is 16.3. The van der Waals surface area contributed by atoms with Crippen molar-refractivity contribution < 1.29 is 19.5 Å². The second-order valence-corrected chi connectivity index (χ2v) is 7.71. The number of hydrogen-bond acceptors (Lipinski definition) is 4. The molecule has 1 aromatic carbocycles. The van der Waals surface area contributed by atoms with Crippen LogP contribution in [0.4, 0.5) is 0 Å². The van der Waals surface area contributed by atoms with Gasteiger partial charge in [-0.25, -0.2) is 4.79 Å². The molecule has 2 fully saturated rings. The van der Waals surface area contributed by atoms with Crippen LogP contribution in [0.2, 0.25) is 0 Å². The van der Waals surface area contributed by atoms with Crippen LogP contribution < -0.4 is 5.32 Å². The van der Waals surface area contributed by atoms with E-state index >= 15 is 0 Å². The van der Waals surface area contributed by atoms with Crippen molar-refractivity contribution in [3.05, 3.63) is 35.9 Å². The third-order valence-electron chi connectivity index (χ3n) is 5.82. The fraction of sp³-hybridized carbons (Fsp3) is 0.571. The quantitative estimate of drug-likeness (QED) is 0.698. The molecule has 0 unspecified atom stereocenters. The van der Waals surface area contributed by atoms with Crippen molar-refractivity contribution in [1.82, 2.24) is 15.1 Å². The fourth-order valence-corrected chi connectivity index (χ4v) is 4.24. The molecule has 0 aromatic heterocycles. The predicted octanol–water partition coefficient (Wildman–Crippen LogP) is 1.13. The lowest BCUT2D eigenvalue weighted by Crippen LogP contribution is -2.46. The molecule has 0 spiro atoms. The number of hydrogen-bond donors (Lipinski definition) is 2. The summed E-state index contributed by atoms with van der Waals surface area (Å²) in [6.45, 7) is 5.18. The summed E-state index contributed by atoms with van der Waals surface area (Å²) in [5.41, 5.74) is 0.847. The van der Waals surface area contributed by atoms with Gasteiger partial charge in [0.15, 0.2) is 0 Å². The van der Waals surface area contributed by atoms with E-state index < -0.39 is 17.9 Å². The van der Waals surface area contributed by atoms with Crippen molar-refractivity contribution in [3.63, 3.8) is 0 Å². The molecular formula is C21H29N3O4. The van der Waals surface area contributed by atoms with E-state index in [1.54, 1.807) is 4.90 Å². The van der Waals surface area contributed by atoms with E-state index in [1.807, 2.05) is 30.3 Å². The van der Waals surface area contributed by atoms with E-state index in [2.05, 4.69) is 17.1 Å². The molecule has 0 aliphatic carbocycles. The van der Waals surface area contributed by atoms with E-state index in [-0.39, 0.29) is 24.7 Å². The van der Waals surface area contributed by atoms with Crippen LogP contribution in [-0.2, 0) is 20.8 Å². The van der Waals surface area contributed by atoms with Gasteiger partial charge in [0.25, 0.3) is 0 Å². The summed E-state index contributed by atoms with van der Waals surface area (Å²) in [6.07, 6.45) is 2.60. The Morgan fingerprint density at radius 2 is 2.04 bits per heavy atom. The Labute approximate surface area is 165 Å². The number of carbonyl (C=O) groups excluding carboxylic acids is 2. The second kappa shape index (κ2) is 9.19. The highest BCUT2D eigenvalue weighted by molar-refractivity contribution is 5.91. The normalized spacial score (nSPS) is 23.8. The van der Waals surface area contributed by atoms with Gasteiger partial charge in [-0.3, -0.25) is 14.5 Å². The minimum Gasteiger partial charge on any atom is -0.480 e. The molecule has 2 saturated heterocycles. The molecule has 0 saturated carbocycles. The Morgan fingerprint density at radius 1 is 1.29 bits per heavy atom. The maximum absolute atomic E-state index is 12.6. The molecule has 28 heavy (non-hydrogen) atoms. The highest BCUT2D eigenvalue weighted by atomic mass is 16.4. The number of likely N-dealkylation sites (N-methyl/N-ethyl adjacent to an activating group) is 1. The molecule has 3 atom stereocenters. The summed E-state index contributed by atoms with van der Waals surface area (Å²) < 4.78 is 0. The molecule has 2 N–H and O–H groups in total. The van der Waals surface area contributed by atoms with E-state index in [4.69, 9.17) is 0 Å². The first-order valence-corrected chi connectivity index (χ1v) is 10.1. The summed E-state index contributed by atoms with van der Waals surface area (Å²) in [4.78, 5) is 40.8. The Morgan fingerprint density at radius 3 is 2.71 bits per heavy atom. The lowest BCUT2D eigenvalue weighted by molar-refractivity contribution is -0.142. The number of aliphatic carboxylic acids is 1. The third kappa shape index (κ3) is 4.90. The van der Waals surface area contributed by atoms with Gasteiger partial charge in [0.05, 0.1) is 5.92 Å². The molecule has 0 radical (unpaired) electrons. The number of rotatable bonds is 8. The Bertz CT molecular complexity index is 709. The maximum atomic E-state index is 12.6. The van der Waals surface area contributed by atoms with Gasteiger partial charge in [-0.05, 0) is 31.5 Å². The van der Waals surface area contributed by atoms with Gasteiger partial charge in [0.1, 0.15) is 6.04 Å². The van der Waals surface area contributed by atoms with Crippen molar-refractivity contribution in [3.8, 4) is 0 Å². The number of nitrogens with one attached hydrogen (secondary N) is 1. The zero-order valence-corrected chi connectivity index (χ0v) is 16.3. The van der Waals surface area contributed by atoms with Crippen molar-refractivity contribution in [2.75, 3.05) is 26.2 Å². The van der Waals surface area contributed by atoms with Crippen molar-refractivity contribution in [2.24, 2.45) is 5.92 Å². The van der Waals surface area contributed by atoms with Crippen LogP contribution in [0.15, 0.2) is 30.3 Å². The summed E-state index contributed by atoms with van der Waals surface area (Å²) in [6, 6.07) is 8.58. The average molecular weight is 387 g/mol. The van der Waals surface area contributed by atoms with Crippen molar-refractivity contribution in [1.29, 1.82) is 0 Å². The van der Waals surface area contributed by atoms with Gasteiger partial charge >= 0.3 is 5.97 Å². The Balaban J connectivity index is 1.56. The van der Waals surface area contributed by atoms with Crippen LogP contribution in [-0.4, -0.2) is 71.0 Å². The van der Waals surface area contributed by atoms with Crippen molar-refractivity contribution >= 4 is 17.8 Å². The molecule has 2 heterocycles. The van der Waals surface area contributed by atoms with E-state index in [0.29, 0.717) is 19.1 Å². The molecule has 7 nitrogen and oxygen atoms in total. The minimum absolute atomic E-state index is 0.0157. The predicted molar refractivity (Wildman–Crippen MR) is 105 cm³/mol. The van der Waals surface area contributed by atoms with Gasteiger partial charge in [-0.1, -0.05) is 37.3 Å². The summed E-state index contributed by atoms with van der Waals surface area (Å²) in [7, 11) is 0. The average Bonchev–Trinajstić information content (AvgIpc) is 3.28. The molecule has 1 aromatic rings. The third-order valence-corrected chi connectivity index (χ3v) is 5.82. The van der Waals surface area contributed by atoms with Gasteiger partial charge in [-0.2, -0.15) is 0 Å². The van der Waals surface area contributed by atoms with Gasteiger partial charge in [0.2, 0.25) is 11.8 Å². The van der Waals surface area contributed by atoms with E-state index in [9.17, 15) is 19.5 Å². The highest BCUT2D eigenvalue weighted by Gasteiger charge is 2.38. The molecule has 2 aliphatic heterocycles. The van der Waals surface area contributed by atoms with Crippen molar-refractivity contribution in [2.45, 2.75) is 44.7 Å². The van der Waals surface area contributed by atoms with Gasteiger partial charge in [0, 0.05) is 32.0 Å². The number of likely N-dealkylation sites (tertiary alicyclic amines) is 2. The van der Waals surface area contributed by atoms with Crippen LogP contribution in [0.25, 0.3) is 0 Å². The van der Waals surface area contributed by atoms with Crippen LogP contribution in [0.3, 0.4) is 0 Å². The summed E-state index contributed by atoms with van der Waals surface area (Å²) in [5, 5.41) is 12.1. The topological polar surface area (TPSA) is 89.9 Å².